The summed E-state index contributed by atoms with van der Waals surface area (Å²) in [4.78, 5) is 24.1. The fraction of sp³-hybridized carbons (Fsp3) is 0.176. The Bertz CT molecular complexity index is 909. The van der Waals surface area contributed by atoms with Crippen molar-refractivity contribution in [3.8, 4) is 5.75 Å². The van der Waals surface area contributed by atoms with Crippen LogP contribution in [0.25, 0.3) is 0 Å². The zero-order chi connectivity index (χ0) is 19.3. The molecule has 138 valence electrons. The number of nitrogens with zero attached hydrogens (tertiary/aromatic N) is 1. The molecule has 0 aliphatic carbocycles. The summed E-state index contributed by atoms with van der Waals surface area (Å²) in [6, 6.07) is 11.8. The van der Waals surface area contributed by atoms with Crippen LogP contribution in [0, 0.1) is 0 Å². The maximum absolute atomic E-state index is 12.2. The number of amides is 1. The molecule has 0 aliphatic rings. The molecule has 2 rings (SSSR count). The molecule has 8 nitrogen and oxygen atoms in total. The molecular formula is C17H18N2O6S. The number of aromatic hydroxyl groups is 1. The molecule has 26 heavy (non-hydrogen) atoms. The van der Waals surface area contributed by atoms with Crippen LogP contribution in [-0.4, -0.2) is 45.3 Å². The number of hydrogen-bond acceptors (Lipinski definition) is 6. The molecule has 0 aliphatic heterocycles. The van der Waals surface area contributed by atoms with Crippen LogP contribution in [-0.2, 0) is 19.6 Å². The molecule has 0 aromatic heterocycles. The fourth-order valence-electron chi connectivity index (χ4n) is 2.05. The summed E-state index contributed by atoms with van der Waals surface area (Å²) in [7, 11) is -2.24. The topological polar surface area (TPSA) is 113 Å². The van der Waals surface area contributed by atoms with Gasteiger partial charge in [-0.2, -0.15) is 0 Å². The summed E-state index contributed by atoms with van der Waals surface area (Å²) in [6.45, 7) is -0.545. The smallest absolute Gasteiger partial charge is 0.340 e. The van der Waals surface area contributed by atoms with Gasteiger partial charge in [0.2, 0.25) is 10.0 Å². The van der Waals surface area contributed by atoms with Gasteiger partial charge in [0.25, 0.3) is 5.91 Å². The van der Waals surface area contributed by atoms with Crippen LogP contribution in [0.1, 0.15) is 10.4 Å². The minimum absolute atomic E-state index is 0.0258. The second-order valence-electron chi connectivity index (χ2n) is 5.42. The molecule has 0 radical (unpaired) electrons. The van der Waals surface area contributed by atoms with E-state index in [1.807, 2.05) is 0 Å². The zero-order valence-electron chi connectivity index (χ0n) is 14.2. The predicted molar refractivity (Wildman–Crippen MR) is 96.7 cm³/mol. The first kappa shape index (κ1) is 19.3. The number of nitrogens with one attached hydrogen (secondary N) is 1. The van der Waals surface area contributed by atoms with Gasteiger partial charge in [-0.05, 0) is 36.4 Å². The summed E-state index contributed by atoms with van der Waals surface area (Å²) in [6.07, 6.45) is 1.01. The second-order valence-corrected chi connectivity index (χ2v) is 7.43. The molecule has 2 aromatic carbocycles. The summed E-state index contributed by atoms with van der Waals surface area (Å²) in [5.41, 5.74) is 0.609. The lowest BCUT2D eigenvalue weighted by molar-refractivity contribution is -0.119. The van der Waals surface area contributed by atoms with Gasteiger partial charge in [-0.3, -0.25) is 9.10 Å². The van der Waals surface area contributed by atoms with Gasteiger partial charge in [-0.25, -0.2) is 13.2 Å². The Labute approximate surface area is 151 Å². The Morgan fingerprint density at radius 3 is 2.35 bits per heavy atom. The van der Waals surface area contributed by atoms with Gasteiger partial charge < -0.3 is 15.2 Å². The third-order valence-electron chi connectivity index (χ3n) is 3.45. The number of carbonyl (C=O) groups is 2. The fourth-order valence-corrected chi connectivity index (χ4v) is 2.57. The van der Waals surface area contributed by atoms with Crippen LogP contribution in [0.3, 0.4) is 0 Å². The average molecular weight is 378 g/mol. The van der Waals surface area contributed by atoms with Crippen LogP contribution in [0.4, 0.5) is 11.4 Å². The van der Waals surface area contributed by atoms with Crippen molar-refractivity contribution in [2.75, 3.05) is 29.5 Å². The lowest BCUT2D eigenvalue weighted by atomic mass is 10.2. The zero-order valence-corrected chi connectivity index (χ0v) is 15.0. The van der Waals surface area contributed by atoms with Crippen LogP contribution >= 0.6 is 0 Å². The number of para-hydroxylation sites is 1. The molecule has 0 spiro atoms. The lowest BCUT2D eigenvalue weighted by Gasteiger charge is -2.19. The van der Waals surface area contributed by atoms with Crippen molar-refractivity contribution in [3.63, 3.8) is 0 Å². The van der Waals surface area contributed by atoms with Crippen LogP contribution in [0.15, 0.2) is 48.5 Å². The molecule has 9 heteroatoms. The Hall–Kier alpha value is -3.07. The van der Waals surface area contributed by atoms with Crippen molar-refractivity contribution in [2.24, 2.45) is 0 Å². The number of benzene rings is 2. The number of phenols is 1. The number of phenolic OH excluding ortho intramolecular Hbond substituents is 1. The number of hydrogen-bond donors (Lipinski definition) is 2. The van der Waals surface area contributed by atoms with E-state index in [-0.39, 0.29) is 17.0 Å². The van der Waals surface area contributed by atoms with Crippen molar-refractivity contribution in [1.29, 1.82) is 0 Å². The highest BCUT2D eigenvalue weighted by atomic mass is 32.2. The summed E-state index contributed by atoms with van der Waals surface area (Å²) in [5, 5.41) is 11.7. The van der Waals surface area contributed by atoms with Crippen LogP contribution in [0.2, 0.25) is 0 Å². The molecule has 0 heterocycles. The van der Waals surface area contributed by atoms with E-state index >= 15 is 0 Å². The van der Waals surface area contributed by atoms with Crippen molar-refractivity contribution in [1.82, 2.24) is 0 Å². The van der Waals surface area contributed by atoms with E-state index < -0.39 is 28.5 Å². The Morgan fingerprint density at radius 2 is 1.73 bits per heavy atom. The van der Waals surface area contributed by atoms with Gasteiger partial charge in [0, 0.05) is 12.7 Å². The van der Waals surface area contributed by atoms with Gasteiger partial charge in [-0.15, -0.1) is 0 Å². The van der Waals surface area contributed by atoms with E-state index in [0.717, 1.165) is 10.6 Å². The summed E-state index contributed by atoms with van der Waals surface area (Å²) >= 11 is 0. The Balaban J connectivity index is 2.04. The molecule has 0 unspecified atom stereocenters. The number of rotatable bonds is 6. The minimum Gasteiger partial charge on any atom is -0.508 e. The molecule has 2 N–H and O–H groups in total. The number of sulfonamides is 1. The quantitative estimate of drug-likeness (QED) is 0.583. The van der Waals surface area contributed by atoms with E-state index in [0.29, 0.717) is 5.69 Å². The maximum atomic E-state index is 12.2. The summed E-state index contributed by atoms with van der Waals surface area (Å²) < 4.78 is 29.3. The molecule has 0 atom stereocenters. The van der Waals surface area contributed by atoms with Crippen molar-refractivity contribution >= 4 is 33.3 Å². The first-order chi connectivity index (χ1) is 12.2. The maximum Gasteiger partial charge on any atom is 0.340 e. The molecule has 2 aromatic rings. The molecule has 0 bridgehead atoms. The van der Waals surface area contributed by atoms with Gasteiger partial charge >= 0.3 is 5.97 Å². The number of esters is 1. The van der Waals surface area contributed by atoms with Crippen LogP contribution < -0.4 is 9.62 Å². The molecular weight excluding hydrogens is 360 g/mol. The van der Waals surface area contributed by atoms with Gasteiger partial charge in [0.05, 0.1) is 17.5 Å². The van der Waals surface area contributed by atoms with Gasteiger partial charge in [-0.1, -0.05) is 12.1 Å². The molecule has 0 saturated carbocycles. The van der Waals surface area contributed by atoms with Crippen molar-refractivity contribution in [2.45, 2.75) is 0 Å². The molecule has 0 fully saturated rings. The molecule has 0 saturated heterocycles. The van der Waals surface area contributed by atoms with E-state index in [2.05, 4.69) is 5.32 Å². The highest BCUT2D eigenvalue weighted by Crippen LogP contribution is 2.22. The Morgan fingerprint density at radius 1 is 1.12 bits per heavy atom. The number of ether oxygens (including phenoxy) is 1. The summed E-state index contributed by atoms with van der Waals surface area (Å²) in [5.74, 6) is -1.34. The average Bonchev–Trinajstić information content (AvgIpc) is 2.60. The highest BCUT2D eigenvalue weighted by molar-refractivity contribution is 7.92. The van der Waals surface area contributed by atoms with Crippen LogP contribution in [0.5, 0.6) is 5.75 Å². The van der Waals surface area contributed by atoms with E-state index in [1.165, 1.54) is 43.4 Å². The van der Waals surface area contributed by atoms with E-state index in [9.17, 15) is 23.1 Å². The predicted octanol–water partition coefficient (Wildman–Crippen LogP) is 1.58. The largest absolute Gasteiger partial charge is 0.508 e. The Kier molecular flexibility index (Phi) is 5.83. The SMILES string of the molecule is CN(c1ccccc1C(=O)OCC(=O)Nc1ccc(O)cc1)S(C)(=O)=O. The van der Waals surface area contributed by atoms with Crippen molar-refractivity contribution < 1.29 is 27.9 Å². The molecule has 1 amide bonds. The second kappa shape index (κ2) is 7.87. The van der Waals surface area contributed by atoms with E-state index in [4.69, 9.17) is 4.74 Å². The van der Waals surface area contributed by atoms with Crippen molar-refractivity contribution in [3.05, 3.63) is 54.1 Å². The normalized spacial score (nSPS) is 10.8. The minimum atomic E-state index is -3.56. The number of anilines is 2. The highest BCUT2D eigenvalue weighted by Gasteiger charge is 2.21. The standard InChI is InChI=1S/C17H18N2O6S/c1-19(26(2,23)24)15-6-4-3-5-14(15)17(22)25-11-16(21)18-12-7-9-13(20)10-8-12/h3-10,20H,11H2,1-2H3,(H,18,21). The van der Waals surface area contributed by atoms with E-state index in [1.54, 1.807) is 12.1 Å². The first-order valence-corrected chi connectivity index (χ1v) is 9.32. The third kappa shape index (κ3) is 4.96. The monoisotopic (exact) mass is 378 g/mol. The number of carbonyl (C=O) groups excluding carboxylic acids is 2. The first-order valence-electron chi connectivity index (χ1n) is 7.47. The van der Waals surface area contributed by atoms with Gasteiger partial charge in [0.1, 0.15) is 5.75 Å². The third-order valence-corrected chi connectivity index (χ3v) is 4.64. The van der Waals surface area contributed by atoms with Gasteiger partial charge in [0.15, 0.2) is 6.61 Å². The lowest BCUT2D eigenvalue weighted by Crippen LogP contribution is -2.27.